The van der Waals surface area contributed by atoms with Crippen molar-refractivity contribution < 1.29 is 14.3 Å². The molecule has 0 unspecified atom stereocenters. The summed E-state index contributed by atoms with van der Waals surface area (Å²) in [5.74, 6) is -1.85. The number of carbonyl (C=O) groups is 2. The van der Waals surface area contributed by atoms with Crippen molar-refractivity contribution in [3.63, 3.8) is 0 Å². The first-order valence-corrected chi connectivity index (χ1v) is 8.93. The Labute approximate surface area is 151 Å². The molecule has 0 amide bonds. The van der Waals surface area contributed by atoms with Crippen molar-refractivity contribution in [2.24, 2.45) is 0 Å². The topological polar surface area (TPSA) is 126 Å². The Morgan fingerprint density at radius 1 is 1.48 bits per heavy atom. The van der Waals surface area contributed by atoms with Crippen LogP contribution in [-0.4, -0.2) is 39.6 Å². The molecule has 2 heterocycles. The highest BCUT2D eigenvalue weighted by molar-refractivity contribution is 7.99. The molecule has 0 fully saturated rings. The molecule has 2 aromatic heterocycles. The van der Waals surface area contributed by atoms with Crippen LogP contribution >= 0.6 is 23.1 Å². The summed E-state index contributed by atoms with van der Waals surface area (Å²) in [5, 5.41) is 11.7. The Morgan fingerprint density at radius 2 is 2.24 bits per heavy atom. The number of nitrogens with zero attached hydrogens (tertiary/aromatic N) is 3. The van der Waals surface area contributed by atoms with Crippen LogP contribution in [0.3, 0.4) is 0 Å². The monoisotopic (exact) mass is 378 g/mol. The van der Waals surface area contributed by atoms with Gasteiger partial charge in [-0.25, -0.2) is 9.97 Å². The van der Waals surface area contributed by atoms with Crippen LogP contribution in [0.5, 0.6) is 0 Å². The number of hydrogen-bond acceptors (Lipinski definition) is 9. The number of Topliss-reactive ketones (excluding diaryl/α,β-unsaturated/α-hetero) is 1. The van der Waals surface area contributed by atoms with E-state index in [0.717, 1.165) is 17.5 Å². The standard InChI is InChI=1S/C15H14N4O4S2/c1-8-6-24-14(17-8)10(5-16)11(20)7-25-15-18-9(3-12(21)19-15)4-13(22)23-2/h3,6,10H,4,7H2,1-2H3,(H,18,19,21)/t10-/m1/s1. The zero-order valence-electron chi connectivity index (χ0n) is 13.4. The van der Waals surface area contributed by atoms with Gasteiger partial charge in [0.25, 0.3) is 5.56 Å². The zero-order valence-corrected chi connectivity index (χ0v) is 15.1. The predicted molar refractivity (Wildman–Crippen MR) is 91.5 cm³/mol. The Hall–Kier alpha value is -2.51. The summed E-state index contributed by atoms with van der Waals surface area (Å²) < 4.78 is 4.54. The summed E-state index contributed by atoms with van der Waals surface area (Å²) in [6.45, 7) is 1.79. The summed E-state index contributed by atoms with van der Waals surface area (Å²) >= 11 is 2.25. The van der Waals surface area contributed by atoms with E-state index in [-0.39, 0.29) is 28.8 Å². The SMILES string of the molecule is COC(=O)Cc1cc(=O)[nH]c(SCC(=O)[C@@H](C#N)c2nc(C)cs2)n1. The maximum absolute atomic E-state index is 12.3. The highest BCUT2D eigenvalue weighted by Gasteiger charge is 2.23. The van der Waals surface area contributed by atoms with E-state index >= 15 is 0 Å². The van der Waals surface area contributed by atoms with Crippen LogP contribution in [0.15, 0.2) is 21.4 Å². The molecule has 2 rings (SSSR count). The Balaban J connectivity index is 2.07. The van der Waals surface area contributed by atoms with Crippen LogP contribution in [0.2, 0.25) is 0 Å². The van der Waals surface area contributed by atoms with Gasteiger partial charge in [0.15, 0.2) is 16.9 Å². The lowest BCUT2D eigenvalue weighted by Gasteiger charge is -2.06. The van der Waals surface area contributed by atoms with Gasteiger partial charge in [0, 0.05) is 17.1 Å². The molecule has 0 aliphatic heterocycles. The molecule has 1 atom stereocenters. The molecule has 1 N–H and O–H groups in total. The number of nitriles is 1. The summed E-state index contributed by atoms with van der Waals surface area (Å²) in [6.07, 6.45) is -0.138. The van der Waals surface area contributed by atoms with E-state index in [1.807, 2.05) is 6.07 Å². The highest BCUT2D eigenvalue weighted by Crippen LogP contribution is 2.23. The van der Waals surface area contributed by atoms with Crippen LogP contribution < -0.4 is 5.56 Å². The first-order chi connectivity index (χ1) is 11.9. The van der Waals surface area contributed by atoms with Crippen molar-refractivity contribution in [1.29, 1.82) is 5.26 Å². The van der Waals surface area contributed by atoms with Crippen molar-refractivity contribution in [3.05, 3.63) is 38.2 Å². The van der Waals surface area contributed by atoms with E-state index in [1.165, 1.54) is 24.5 Å². The van der Waals surface area contributed by atoms with Gasteiger partial charge in [0.2, 0.25) is 0 Å². The van der Waals surface area contributed by atoms with Crippen LogP contribution in [0.4, 0.5) is 0 Å². The molecule has 0 aromatic carbocycles. The molecule has 0 aliphatic carbocycles. The molecule has 0 radical (unpaired) electrons. The summed E-state index contributed by atoms with van der Waals surface area (Å²) in [6, 6.07) is 3.15. The average Bonchev–Trinajstić information content (AvgIpc) is 2.99. The van der Waals surface area contributed by atoms with E-state index < -0.39 is 17.4 Å². The van der Waals surface area contributed by atoms with Crippen LogP contribution in [0.25, 0.3) is 0 Å². The van der Waals surface area contributed by atoms with Crippen molar-refractivity contribution in [2.45, 2.75) is 24.4 Å². The van der Waals surface area contributed by atoms with Crippen LogP contribution in [0.1, 0.15) is 22.3 Å². The number of rotatable bonds is 7. The fourth-order valence-electron chi connectivity index (χ4n) is 1.85. The third-order valence-corrected chi connectivity index (χ3v) is 4.94. The van der Waals surface area contributed by atoms with Gasteiger partial charge in [-0.15, -0.1) is 11.3 Å². The minimum Gasteiger partial charge on any atom is -0.469 e. The van der Waals surface area contributed by atoms with Gasteiger partial charge in [-0.2, -0.15) is 5.26 Å². The number of thioether (sulfide) groups is 1. The molecule has 2 aromatic rings. The predicted octanol–water partition coefficient (Wildman–Crippen LogP) is 1.22. The molecule has 0 bridgehead atoms. The van der Waals surface area contributed by atoms with E-state index in [1.54, 1.807) is 12.3 Å². The van der Waals surface area contributed by atoms with Gasteiger partial charge in [0.05, 0.1) is 31.0 Å². The minimum absolute atomic E-state index is 0.0541. The quantitative estimate of drug-likeness (QED) is 0.433. The van der Waals surface area contributed by atoms with Crippen LogP contribution in [-0.2, 0) is 20.7 Å². The number of aryl methyl sites for hydroxylation is 1. The van der Waals surface area contributed by atoms with E-state index in [0.29, 0.717) is 5.01 Å². The lowest BCUT2D eigenvalue weighted by atomic mass is 10.1. The second-order valence-corrected chi connectivity index (χ2v) is 6.79. The van der Waals surface area contributed by atoms with Crippen molar-refractivity contribution >= 4 is 34.9 Å². The normalized spacial score (nSPS) is 11.6. The molecule has 0 aliphatic rings. The van der Waals surface area contributed by atoms with Gasteiger partial charge in [-0.1, -0.05) is 11.8 Å². The lowest BCUT2D eigenvalue weighted by Crippen LogP contribution is -2.16. The maximum Gasteiger partial charge on any atom is 0.311 e. The molecular weight excluding hydrogens is 364 g/mol. The zero-order chi connectivity index (χ0) is 18.4. The minimum atomic E-state index is -0.948. The number of esters is 1. The van der Waals surface area contributed by atoms with Crippen molar-refractivity contribution in [2.75, 3.05) is 12.9 Å². The number of carbonyl (C=O) groups excluding carboxylic acids is 2. The number of thiazole rings is 1. The van der Waals surface area contributed by atoms with Gasteiger partial charge in [-0.05, 0) is 6.92 Å². The van der Waals surface area contributed by atoms with Gasteiger partial charge in [-0.3, -0.25) is 14.4 Å². The molecule has 25 heavy (non-hydrogen) atoms. The average molecular weight is 378 g/mol. The Kier molecular flexibility index (Phi) is 6.44. The molecular formula is C15H14N4O4S2. The van der Waals surface area contributed by atoms with Crippen molar-refractivity contribution in [3.8, 4) is 6.07 Å². The number of aromatic amines is 1. The van der Waals surface area contributed by atoms with E-state index in [4.69, 9.17) is 0 Å². The van der Waals surface area contributed by atoms with E-state index in [2.05, 4.69) is 19.7 Å². The summed E-state index contributed by atoms with van der Waals surface area (Å²) in [4.78, 5) is 46.0. The first kappa shape index (κ1) is 18.8. The molecule has 0 saturated carbocycles. The molecule has 8 nitrogen and oxygen atoms in total. The van der Waals surface area contributed by atoms with E-state index in [9.17, 15) is 19.6 Å². The number of aromatic nitrogens is 3. The maximum atomic E-state index is 12.3. The Morgan fingerprint density at radius 3 is 2.84 bits per heavy atom. The van der Waals surface area contributed by atoms with Gasteiger partial charge in [0.1, 0.15) is 5.01 Å². The fourth-order valence-corrected chi connectivity index (χ4v) is 3.52. The fraction of sp³-hybridized carbons (Fsp3) is 0.333. The number of nitrogens with one attached hydrogen (secondary N) is 1. The largest absolute Gasteiger partial charge is 0.469 e. The smallest absolute Gasteiger partial charge is 0.311 e. The second kappa shape index (κ2) is 8.55. The number of hydrogen-bond donors (Lipinski definition) is 1. The molecule has 10 heteroatoms. The first-order valence-electron chi connectivity index (χ1n) is 7.07. The highest BCUT2D eigenvalue weighted by atomic mass is 32.2. The summed E-state index contributed by atoms with van der Waals surface area (Å²) in [5.41, 5.74) is 0.566. The van der Waals surface area contributed by atoms with Gasteiger partial charge < -0.3 is 9.72 Å². The Bertz CT molecular complexity index is 884. The summed E-state index contributed by atoms with van der Waals surface area (Å²) in [7, 11) is 1.24. The third kappa shape index (κ3) is 5.23. The number of H-pyrrole nitrogens is 1. The molecule has 0 saturated heterocycles. The lowest BCUT2D eigenvalue weighted by molar-refractivity contribution is -0.139. The second-order valence-electron chi connectivity index (χ2n) is 4.94. The molecule has 130 valence electrons. The van der Waals surface area contributed by atoms with Gasteiger partial charge >= 0.3 is 5.97 Å². The number of ketones is 1. The van der Waals surface area contributed by atoms with Crippen LogP contribution in [0, 0.1) is 18.3 Å². The third-order valence-electron chi connectivity index (χ3n) is 3.01. The number of methoxy groups -OCH3 is 1. The van der Waals surface area contributed by atoms with Crippen molar-refractivity contribution in [1.82, 2.24) is 15.0 Å². The molecule has 0 spiro atoms. The number of ether oxygens (including phenoxy) is 1.